The van der Waals surface area contributed by atoms with Gasteiger partial charge in [-0.2, -0.15) is 0 Å². The number of hydrogen-bond acceptors (Lipinski definition) is 3. The van der Waals surface area contributed by atoms with E-state index < -0.39 is 0 Å². The fourth-order valence-electron chi connectivity index (χ4n) is 4.05. The zero-order chi connectivity index (χ0) is 14.1. The van der Waals surface area contributed by atoms with Crippen molar-refractivity contribution in [2.75, 3.05) is 7.05 Å². The van der Waals surface area contributed by atoms with Crippen LogP contribution in [0.2, 0.25) is 0 Å². The van der Waals surface area contributed by atoms with Gasteiger partial charge in [0.1, 0.15) is 5.75 Å². The highest BCUT2D eigenvalue weighted by Crippen LogP contribution is 2.34. The zero-order valence-corrected chi connectivity index (χ0v) is 12.5. The molecule has 2 N–H and O–H groups in total. The summed E-state index contributed by atoms with van der Waals surface area (Å²) in [6, 6.07) is 9.96. The summed E-state index contributed by atoms with van der Waals surface area (Å²) in [4.78, 5) is 2.59. The molecule has 3 nitrogen and oxygen atoms in total. The van der Waals surface area contributed by atoms with E-state index in [1.54, 1.807) is 6.07 Å². The molecule has 0 saturated carbocycles. The lowest BCUT2D eigenvalue weighted by Gasteiger charge is -2.47. The third-order valence-electron chi connectivity index (χ3n) is 5.23. The maximum atomic E-state index is 9.97. The van der Waals surface area contributed by atoms with Crippen LogP contribution in [-0.2, 0) is 0 Å². The molecule has 2 bridgehead atoms. The van der Waals surface area contributed by atoms with E-state index in [9.17, 15) is 5.11 Å². The van der Waals surface area contributed by atoms with Crippen LogP contribution in [-0.4, -0.2) is 35.2 Å². The summed E-state index contributed by atoms with van der Waals surface area (Å²) >= 11 is 0. The highest BCUT2D eigenvalue weighted by Gasteiger charge is 2.36. The first kappa shape index (κ1) is 13.9. The maximum Gasteiger partial charge on any atom is 0.120 e. The molecule has 2 aliphatic heterocycles. The number of rotatable bonds is 3. The molecule has 110 valence electrons. The first-order chi connectivity index (χ1) is 9.65. The van der Waals surface area contributed by atoms with Crippen molar-refractivity contribution in [1.82, 2.24) is 10.2 Å². The standard InChI is InChI=1S/C17H26N2O/c1-12(16-8-3-4-9-17(16)20)18-13-10-14-6-5-7-15(11-13)19(14)2/h3-4,8-9,12-15,18,20H,5-7,10-11H2,1-2H3. The lowest BCUT2D eigenvalue weighted by molar-refractivity contribution is 0.0462. The fraction of sp³-hybridized carbons (Fsp3) is 0.647. The predicted molar refractivity (Wildman–Crippen MR) is 81.9 cm³/mol. The second-order valence-corrected chi connectivity index (χ2v) is 6.52. The normalized spacial score (nSPS) is 32.0. The van der Waals surface area contributed by atoms with Gasteiger partial charge in [-0.15, -0.1) is 0 Å². The quantitative estimate of drug-likeness (QED) is 0.889. The molecule has 1 aromatic carbocycles. The molecule has 20 heavy (non-hydrogen) atoms. The zero-order valence-electron chi connectivity index (χ0n) is 12.5. The Morgan fingerprint density at radius 3 is 2.50 bits per heavy atom. The fourth-order valence-corrected chi connectivity index (χ4v) is 4.05. The number of aromatic hydroxyl groups is 1. The first-order valence-electron chi connectivity index (χ1n) is 7.91. The second kappa shape index (κ2) is 5.74. The van der Waals surface area contributed by atoms with Crippen molar-refractivity contribution in [3.63, 3.8) is 0 Å². The van der Waals surface area contributed by atoms with Crippen molar-refractivity contribution >= 4 is 0 Å². The number of nitrogens with one attached hydrogen (secondary N) is 1. The van der Waals surface area contributed by atoms with Gasteiger partial charge in [-0.3, -0.25) is 0 Å². The van der Waals surface area contributed by atoms with Gasteiger partial charge in [0.15, 0.2) is 0 Å². The van der Waals surface area contributed by atoms with Crippen molar-refractivity contribution < 1.29 is 5.11 Å². The molecule has 2 aliphatic rings. The Morgan fingerprint density at radius 2 is 1.85 bits per heavy atom. The molecule has 0 amide bonds. The number of hydrogen-bond donors (Lipinski definition) is 2. The van der Waals surface area contributed by atoms with E-state index in [2.05, 4.69) is 24.2 Å². The SMILES string of the molecule is CC(NC1CC2CCCC(C1)N2C)c1ccccc1O. The Bertz CT molecular complexity index is 448. The second-order valence-electron chi connectivity index (χ2n) is 6.52. The summed E-state index contributed by atoms with van der Waals surface area (Å²) in [5, 5.41) is 13.7. The molecule has 3 atom stereocenters. The van der Waals surface area contributed by atoms with E-state index in [0.29, 0.717) is 11.8 Å². The van der Waals surface area contributed by atoms with Gasteiger partial charge in [0, 0.05) is 29.7 Å². The molecule has 3 unspecified atom stereocenters. The molecule has 3 rings (SSSR count). The third-order valence-corrected chi connectivity index (χ3v) is 5.23. The van der Waals surface area contributed by atoms with Crippen LogP contribution in [0.25, 0.3) is 0 Å². The number of phenols is 1. The monoisotopic (exact) mass is 274 g/mol. The van der Waals surface area contributed by atoms with Gasteiger partial charge in [-0.05, 0) is 45.7 Å². The molecule has 0 spiro atoms. The number of para-hydroxylation sites is 1. The Morgan fingerprint density at radius 1 is 1.20 bits per heavy atom. The van der Waals surface area contributed by atoms with Crippen LogP contribution < -0.4 is 5.32 Å². The number of fused-ring (bicyclic) bond motifs is 2. The number of nitrogens with zero attached hydrogens (tertiary/aromatic N) is 1. The molecule has 0 aliphatic carbocycles. The van der Waals surface area contributed by atoms with Crippen molar-refractivity contribution in [2.24, 2.45) is 0 Å². The summed E-state index contributed by atoms with van der Waals surface area (Å²) in [5.74, 6) is 0.403. The van der Waals surface area contributed by atoms with Gasteiger partial charge >= 0.3 is 0 Å². The van der Waals surface area contributed by atoms with Gasteiger partial charge in [0.2, 0.25) is 0 Å². The van der Waals surface area contributed by atoms with Crippen LogP contribution in [0, 0.1) is 0 Å². The maximum absolute atomic E-state index is 9.97. The molecular weight excluding hydrogens is 248 g/mol. The van der Waals surface area contributed by atoms with Crippen molar-refractivity contribution in [3.05, 3.63) is 29.8 Å². The van der Waals surface area contributed by atoms with Crippen molar-refractivity contribution in [2.45, 2.75) is 63.2 Å². The van der Waals surface area contributed by atoms with Crippen molar-refractivity contribution in [1.29, 1.82) is 0 Å². The Hall–Kier alpha value is -1.06. The lowest BCUT2D eigenvalue weighted by atomic mass is 9.82. The Balaban J connectivity index is 1.65. The summed E-state index contributed by atoms with van der Waals surface area (Å²) in [5.41, 5.74) is 1.01. The molecule has 2 heterocycles. The minimum atomic E-state index is 0.213. The van der Waals surface area contributed by atoms with Crippen LogP contribution in [0.1, 0.15) is 50.6 Å². The topological polar surface area (TPSA) is 35.5 Å². The van der Waals surface area contributed by atoms with Gasteiger partial charge in [0.25, 0.3) is 0 Å². The van der Waals surface area contributed by atoms with E-state index in [1.807, 2.05) is 18.2 Å². The first-order valence-corrected chi connectivity index (χ1v) is 7.91. The Labute approximate surface area is 122 Å². The van der Waals surface area contributed by atoms with Crippen LogP contribution in [0.3, 0.4) is 0 Å². The Kier molecular flexibility index (Phi) is 3.99. The average molecular weight is 274 g/mol. The molecule has 3 heteroatoms. The minimum Gasteiger partial charge on any atom is -0.508 e. The van der Waals surface area contributed by atoms with Crippen LogP contribution in [0.15, 0.2) is 24.3 Å². The summed E-state index contributed by atoms with van der Waals surface area (Å²) in [6.45, 7) is 2.16. The smallest absolute Gasteiger partial charge is 0.120 e. The average Bonchev–Trinajstić information content (AvgIpc) is 2.40. The van der Waals surface area contributed by atoms with E-state index in [-0.39, 0.29) is 6.04 Å². The van der Waals surface area contributed by atoms with Gasteiger partial charge in [-0.25, -0.2) is 0 Å². The van der Waals surface area contributed by atoms with Crippen LogP contribution in [0.5, 0.6) is 5.75 Å². The number of benzene rings is 1. The third kappa shape index (κ3) is 2.70. The van der Waals surface area contributed by atoms with Gasteiger partial charge in [0.05, 0.1) is 0 Å². The number of piperidine rings is 2. The summed E-state index contributed by atoms with van der Waals surface area (Å²) < 4.78 is 0. The summed E-state index contributed by atoms with van der Waals surface area (Å²) in [6.07, 6.45) is 6.56. The van der Waals surface area contributed by atoms with Gasteiger partial charge < -0.3 is 15.3 Å². The van der Waals surface area contributed by atoms with Gasteiger partial charge in [-0.1, -0.05) is 24.6 Å². The van der Waals surface area contributed by atoms with Crippen LogP contribution >= 0.6 is 0 Å². The predicted octanol–water partition coefficient (Wildman–Crippen LogP) is 3.06. The molecule has 0 aromatic heterocycles. The minimum absolute atomic E-state index is 0.213. The molecule has 2 saturated heterocycles. The van der Waals surface area contributed by atoms with E-state index in [0.717, 1.165) is 17.6 Å². The number of phenolic OH excluding ortho intramolecular Hbond substituents is 1. The molecular formula is C17H26N2O. The lowest BCUT2D eigenvalue weighted by Crippen LogP contribution is -2.54. The molecule has 2 fully saturated rings. The van der Waals surface area contributed by atoms with E-state index in [4.69, 9.17) is 0 Å². The molecule has 1 aromatic rings. The summed E-state index contributed by atoms with van der Waals surface area (Å²) in [7, 11) is 2.29. The molecule has 0 radical (unpaired) electrons. The largest absolute Gasteiger partial charge is 0.508 e. The van der Waals surface area contributed by atoms with E-state index in [1.165, 1.54) is 32.1 Å². The highest BCUT2D eigenvalue weighted by molar-refractivity contribution is 5.34. The highest BCUT2D eigenvalue weighted by atomic mass is 16.3. The van der Waals surface area contributed by atoms with Crippen molar-refractivity contribution in [3.8, 4) is 5.75 Å². The van der Waals surface area contributed by atoms with Crippen LogP contribution in [0.4, 0.5) is 0 Å². The van der Waals surface area contributed by atoms with E-state index >= 15 is 0 Å².